The van der Waals surface area contributed by atoms with E-state index < -0.39 is 5.91 Å². The zero-order chi connectivity index (χ0) is 13.9. The molecule has 1 saturated carbocycles. The Labute approximate surface area is 114 Å². The van der Waals surface area contributed by atoms with Gasteiger partial charge in [-0.15, -0.1) is 0 Å². The van der Waals surface area contributed by atoms with Crippen LogP contribution < -0.4 is 11.1 Å². The van der Waals surface area contributed by atoms with Crippen molar-refractivity contribution in [2.75, 3.05) is 26.0 Å². The lowest BCUT2D eigenvalue weighted by Gasteiger charge is -2.36. The zero-order valence-corrected chi connectivity index (χ0v) is 11.6. The fraction of sp³-hybridized carbons (Fsp3) is 0.571. The zero-order valence-electron chi connectivity index (χ0n) is 11.6. The maximum absolute atomic E-state index is 11.1. The Morgan fingerprint density at radius 3 is 2.74 bits per heavy atom. The van der Waals surface area contributed by atoms with Gasteiger partial charge in [-0.05, 0) is 39.1 Å². The van der Waals surface area contributed by atoms with Crippen molar-refractivity contribution in [2.45, 2.75) is 31.2 Å². The van der Waals surface area contributed by atoms with E-state index in [1.807, 2.05) is 6.07 Å². The number of rotatable bonds is 5. The number of primary amides is 1. The molecule has 104 valence electrons. The normalized spacial score (nSPS) is 17.6. The molecule has 1 aromatic heterocycles. The Bertz CT molecular complexity index is 453. The first-order valence-electron chi connectivity index (χ1n) is 6.71. The number of carbonyl (C=O) groups is 1. The second-order valence-corrected chi connectivity index (χ2v) is 5.47. The molecule has 3 N–H and O–H groups in total. The summed E-state index contributed by atoms with van der Waals surface area (Å²) in [6.07, 6.45) is 6.59. The molecule has 0 unspecified atom stereocenters. The van der Waals surface area contributed by atoms with Crippen LogP contribution in [0.4, 0.5) is 5.69 Å². The van der Waals surface area contributed by atoms with Gasteiger partial charge in [0.25, 0.3) is 5.91 Å². The third-order valence-corrected chi connectivity index (χ3v) is 4.12. The highest BCUT2D eigenvalue weighted by atomic mass is 16.1. The smallest absolute Gasteiger partial charge is 0.267 e. The summed E-state index contributed by atoms with van der Waals surface area (Å²) < 4.78 is 0. The summed E-state index contributed by atoms with van der Waals surface area (Å²) in [5.41, 5.74) is 6.66. The molecule has 5 heteroatoms. The van der Waals surface area contributed by atoms with E-state index in [1.165, 1.54) is 25.7 Å². The van der Waals surface area contributed by atoms with Gasteiger partial charge in [-0.1, -0.05) is 12.8 Å². The highest BCUT2D eigenvalue weighted by molar-refractivity contribution is 5.91. The number of hydrogen-bond donors (Lipinski definition) is 2. The Kier molecular flexibility index (Phi) is 4.04. The van der Waals surface area contributed by atoms with Crippen LogP contribution in [0.2, 0.25) is 0 Å². The van der Waals surface area contributed by atoms with E-state index in [4.69, 9.17) is 5.73 Å². The number of aromatic nitrogens is 1. The molecule has 5 nitrogen and oxygen atoms in total. The van der Waals surface area contributed by atoms with Crippen LogP contribution in [-0.2, 0) is 0 Å². The summed E-state index contributed by atoms with van der Waals surface area (Å²) in [4.78, 5) is 17.4. The number of anilines is 1. The van der Waals surface area contributed by atoms with Crippen molar-refractivity contribution in [2.24, 2.45) is 5.73 Å². The molecule has 2 rings (SSSR count). The molecule has 1 fully saturated rings. The topological polar surface area (TPSA) is 71.2 Å². The van der Waals surface area contributed by atoms with Crippen LogP contribution in [0.1, 0.15) is 36.2 Å². The molecule has 0 aliphatic heterocycles. The molecule has 1 amide bonds. The first-order valence-corrected chi connectivity index (χ1v) is 6.71. The van der Waals surface area contributed by atoms with E-state index in [0.717, 1.165) is 12.2 Å². The quantitative estimate of drug-likeness (QED) is 0.843. The number of amides is 1. The molecule has 19 heavy (non-hydrogen) atoms. The average Bonchev–Trinajstić information content (AvgIpc) is 2.87. The minimum Gasteiger partial charge on any atom is -0.383 e. The molecule has 1 heterocycles. The van der Waals surface area contributed by atoms with Gasteiger partial charge in [0.15, 0.2) is 0 Å². The molecule has 0 spiro atoms. The third-order valence-electron chi connectivity index (χ3n) is 4.12. The Balaban J connectivity index is 2.05. The van der Waals surface area contributed by atoms with Crippen LogP contribution >= 0.6 is 0 Å². The minimum absolute atomic E-state index is 0.218. The van der Waals surface area contributed by atoms with Crippen LogP contribution in [0.25, 0.3) is 0 Å². The van der Waals surface area contributed by atoms with Crippen LogP contribution in [0.3, 0.4) is 0 Å². The fourth-order valence-corrected chi connectivity index (χ4v) is 2.76. The van der Waals surface area contributed by atoms with Crippen LogP contribution in [0.5, 0.6) is 0 Å². The number of hydrogen-bond acceptors (Lipinski definition) is 4. The highest BCUT2D eigenvalue weighted by Gasteiger charge is 2.35. The summed E-state index contributed by atoms with van der Waals surface area (Å²) in [6.45, 7) is 0.877. The van der Waals surface area contributed by atoms with Gasteiger partial charge < -0.3 is 16.0 Å². The van der Waals surface area contributed by atoms with Crippen molar-refractivity contribution < 1.29 is 4.79 Å². The molecule has 0 radical (unpaired) electrons. The van der Waals surface area contributed by atoms with E-state index in [1.54, 1.807) is 12.3 Å². The fourth-order valence-electron chi connectivity index (χ4n) is 2.76. The molecule has 1 aliphatic carbocycles. The molecular formula is C14H22N4O. The summed E-state index contributed by atoms with van der Waals surface area (Å²) in [5.74, 6) is -0.494. The van der Waals surface area contributed by atoms with E-state index in [2.05, 4.69) is 29.3 Å². The number of nitrogens with zero attached hydrogens (tertiary/aromatic N) is 2. The summed E-state index contributed by atoms with van der Waals surface area (Å²) >= 11 is 0. The lowest BCUT2D eigenvalue weighted by atomic mass is 9.96. The Morgan fingerprint density at radius 2 is 2.16 bits per heavy atom. The predicted molar refractivity (Wildman–Crippen MR) is 76.1 cm³/mol. The average molecular weight is 262 g/mol. The molecule has 0 aromatic carbocycles. The first kappa shape index (κ1) is 13.8. The van der Waals surface area contributed by atoms with Crippen LogP contribution in [-0.4, -0.2) is 42.0 Å². The molecular weight excluding hydrogens is 240 g/mol. The van der Waals surface area contributed by atoms with E-state index in [0.29, 0.717) is 5.69 Å². The lowest BCUT2D eigenvalue weighted by Crippen LogP contribution is -2.47. The lowest BCUT2D eigenvalue weighted by molar-refractivity contribution is 0.0995. The first-order chi connectivity index (χ1) is 9.03. The van der Waals surface area contributed by atoms with Gasteiger partial charge in [-0.3, -0.25) is 9.78 Å². The SMILES string of the molecule is CN(C)C1(CNc2ccnc(C(N)=O)c2)CCCC1. The Morgan fingerprint density at radius 1 is 1.47 bits per heavy atom. The number of nitrogens with two attached hydrogens (primary N) is 1. The van der Waals surface area contributed by atoms with E-state index >= 15 is 0 Å². The van der Waals surface area contributed by atoms with Gasteiger partial charge in [-0.2, -0.15) is 0 Å². The third kappa shape index (κ3) is 3.04. The molecule has 1 aromatic rings. The number of pyridine rings is 1. The predicted octanol–water partition coefficient (Wildman–Crippen LogP) is 1.47. The van der Waals surface area contributed by atoms with Crippen molar-refractivity contribution in [3.05, 3.63) is 24.0 Å². The maximum atomic E-state index is 11.1. The summed E-state index contributed by atoms with van der Waals surface area (Å²) in [6, 6.07) is 3.57. The van der Waals surface area contributed by atoms with Crippen molar-refractivity contribution in [1.29, 1.82) is 0 Å². The molecule has 0 saturated heterocycles. The maximum Gasteiger partial charge on any atom is 0.267 e. The number of nitrogens with one attached hydrogen (secondary N) is 1. The molecule has 0 bridgehead atoms. The van der Waals surface area contributed by atoms with Crippen LogP contribution in [0.15, 0.2) is 18.3 Å². The van der Waals surface area contributed by atoms with Crippen LogP contribution in [0, 0.1) is 0 Å². The van der Waals surface area contributed by atoms with Gasteiger partial charge in [0.1, 0.15) is 5.69 Å². The number of carbonyl (C=O) groups excluding carboxylic acids is 1. The van der Waals surface area contributed by atoms with Gasteiger partial charge in [-0.25, -0.2) is 0 Å². The van der Waals surface area contributed by atoms with Crippen molar-refractivity contribution in [1.82, 2.24) is 9.88 Å². The second-order valence-electron chi connectivity index (χ2n) is 5.47. The van der Waals surface area contributed by atoms with E-state index in [-0.39, 0.29) is 5.54 Å². The summed E-state index contributed by atoms with van der Waals surface area (Å²) in [7, 11) is 4.27. The standard InChI is InChI=1S/C14H22N4O/c1-18(2)14(6-3-4-7-14)10-17-11-5-8-16-12(9-11)13(15)19/h5,8-9H,3-4,6-7,10H2,1-2H3,(H2,15,19)(H,16,17). The molecule has 1 aliphatic rings. The summed E-state index contributed by atoms with van der Waals surface area (Å²) in [5, 5.41) is 3.41. The molecule has 0 atom stereocenters. The Hall–Kier alpha value is -1.62. The highest BCUT2D eigenvalue weighted by Crippen LogP contribution is 2.33. The van der Waals surface area contributed by atoms with Crippen molar-refractivity contribution in [3.8, 4) is 0 Å². The van der Waals surface area contributed by atoms with E-state index in [9.17, 15) is 4.79 Å². The minimum atomic E-state index is -0.494. The van der Waals surface area contributed by atoms with Gasteiger partial charge in [0.2, 0.25) is 0 Å². The van der Waals surface area contributed by atoms with Crippen molar-refractivity contribution >= 4 is 11.6 Å². The second kappa shape index (κ2) is 5.57. The number of likely N-dealkylation sites (N-methyl/N-ethyl adjacent to an activating group) is 1. The van der Waals surface area contributed by atoms with Gasteiger partial charge >= 0.3 is 0 Å². The van der Waals surface area contributed by atoms with Gasteiger partial charge in [0, 0.05) is 24.0 Å². The van der Waals surface area contributed by atoms with Crippen molar-refractivity contribution in [3.63, 3.8) is 0 Å². The largest absolute Gasteiger partial charge is 0.383 e. The van der Waals surface area contributed by atoms with Gasteiger partial charge in [0.05, 0.1) is 0 Å². The monoisotopic (exact) mass is 262 g/mol.